The van der Waals surface area contributed by atoms with E-state index >= 15 is 4.39 Å². The molecule has 1 aromatic heterocycles. The van der Waals surface area contributed by atoms with E-state index in [1.165, 1.54) is 11.0 Å². The van der Waals surface area contributed by atoms with Crippen LogP contribution in [0.1, 0.15) is 50.3 Å². The molecule has 1 fully saturated rings. The maximum atomic E-state index is 15.2. The number of carbonyl (C=O) groups excluding carboxylic acids is 2. The molecule has 0 saturated carbocycles. The Morgan fingerprint density at radius 3 is 2.64 bits per heavy atom. The minimum atomic E-state index is -0.643. The summed E-state index contributed by atoms with van der Waals surface area (Å²) in [6.45, 7) is 8.67. The molecule has 0 aliphatic carbocycles. The number of anilines is 3. The van der Waals surface area contributed by atoms with Crippen molar-refractivity contribution in [2.45, 2.75) is 65.3 Å². The van der Waals surface area contributed by atoms with Crippen molar-refractivity contribution >= 4 is 29.3 Å². The van der Waals surface area contributed by atoms with Crippen molar-refractivity contribution in [2.24, 2.45) is 0 Å². The SMILES string of the molecule is COc1ccc(CNc2cc3c(cn2)CN(c2c(C)cccc2F)C(=O)N3[C@@H]2CCCN(C(=O)OC(C)(C)C)C2)c(OC)c1. The van der Waals surface area contributed by atoms with Crippen LogP contribution in [0, 0.1) is 12.7 Å². The summed E-state index contributed by atoms with van der Waals surface area (Å²) < 4.78 is 31.7. The summed E-state index contributed by atoms with van der Waals surface area (Å²) in [6.07, 6.45) is 2.66. The summed E-state index contributed by atoms with van der Waals surface area (Å²) in [5.41, 5.74) is 2.60. The first-order valence-electron chi connectivity index (χ1n) is 14.8. The summed E-state index contributed by atoms with van der Waals surface area (Å²) in [7, 11) is 3.21. The van der Waals surface area contributed by atoms with E-state index < -0.39 is 17.5 Å². The molecular formula is C33H40FN5O5. The highest BCUT2D eigenvalue weighted by atomic mass is 19.1. The van der Waals surface area contributed by atoms with E-state index in [2.05, 4.69) is 10.3 Å². The quantitative estimate of drug-likeness (QED) is 0.328. The number of hydrogen-bond donors (Lipinski definition) is 1. The Morgan fingerprint density at radius 2 is 1.93 bits per heavy atom. The van der Waals surface area contributed by atoms with E-state index in [1.807, 2.05) is 45.0 Å². The molecular weight excluding hydrogens is 565 g/mol. The number of aryl methyl sites for hydroxylation is 1. The van der Waals surface area contributed by atoms with Gasteiger partial charge in [0, 0.05) is 49.1 Å². The topological polar surface area (TPSA) is 96.5 Å². The number of fused-ring (bicyclic) bond motifs is 1. The number of urea groups is 1. The third-order valence-electron chi connectivity index (χ3n) is 7.81. The molecule has 44 heavy (non-hydrogen) atoms. The second-order valence-corrected chi connectivity index (χ2v) is 12.1. The van der Waals surface area contributed by atoms with E-state index in [1.54, 1.807) is 49.3 Å². The number of pyridine rings is 1. The number of rotatable bonds is 7. The number of halogens is 1. The molecule has 3 amide bonds. The van der Waals surface area contributed by atoms with Crippen LogP contribution in [0.3, 0.4) is 0 Å². The van der Waals surface area contributed by atoms with E-state index in [0.29, 0.717) is 54.5 Å². The molecule has 0 spiro atoms. The maximum Gasteiger partial charge on any atom is 0.410 e. The zero-order chi connectivity index (χ0) is 31.6. The zero-order valence-electron chi connectivity index (χ0n) is 26.1. The second kappa shape index (κ2) is 12.6. The van der Waals surface area contributed by atoms with E-state index in [9.17, 15) is 9.59 Å². The number of methoxy groups -OCH3 is 2. The van der Waals surface area contributed by atoms with Gasteiger partial charge in [-0.25, -0.2) is 19.0 Å². The monoisotopic (exact) mass is 605 g/mol. The summed E-state index contributed by atoms with van der Waals surface area (Å²) in [5.74, 6) is 1.45. The lowest BCUT2D eigenvalue weighted by molar-refractivity contribution is 0.0199. The summed E-state index contributed by atoms with van der Waals surface area (Å²) in [6, 6.07) is 11.5. The number of aromatic nitrogens is 1. The van der Waals surface area contributed by atoms with Gasteiger partial charge in [0.05, 0.1) is 38.2 Å². The molecule has 2 aliphatic heterocycles. The van der Waals surface area contributed by atoms with Crippen LogP contribution in [0.2, 0.25) is 0 Å². The molecule has 0 unspecified atom stereocenters. The highest BCUT2D eigenvalue weighted by molar-refractivity contribution is 6.07. The molecule has 234 valence electrons. The van der Waals surface area contributed by atoms with Crippen LogP contribution >= 0.6 is 0 Å². The number of likely N-dealkylation sites (tertiary alicyclic amines) is 1. The van der Waals surface area contributed by atoms with Gasteiger partial charge in [-0.15, -0.1) is 0 Å². The van der Waals surface area contributed by atoms with Crippen molar-refractivity contribution in [3.05, 3.63) is 71.2 Å². The number of para-hydroxylation sites is 1. The van der Waals surface area contributed by atoms with Crippen molar-refractivity contribution in [2.75, 3.05) is 42.4 Å². The molecule has 1 atom stereocenters. The second-order valence-electron chi connectivity index (χ2n) is 12.1. The van der Waals surface area contributed by atoms with Gasteiger partial charge >= 0.3 is 12.1 Å². The lowest BCUT2D eigenvalue weighted by Crippen LogP contribution is -2.58. The molecule has 2 aliphatic rings. The minimum absolute atomic E-state index is 0.161. The van der Waals surface area contributed by atoms with Crippen LogP contribution in [0.5, 0.6) is 11.5 Å². The zero-order valence-corrected chi connectivity index (χ0v) is 26.1. The van der Waals surface area contributed by atoms with E-state index in [4.69, 9.17) is 14.2 Å². The molecule has 2 aromatic carbocycles. The Balaban J connectivity index is 1.48. The highest BCUT2D eigenvalue weighted by Gasteiger charge is 2.40. The van der Waals surface area contributed by atoms with Gasteiger partial charge in [0.1, 0.15) is 28.7 Å². The average molecular weight is 606 g/mol. The molecule has 3 aromatic rings. The normalized spacial score (nSPS) is 16.8. The number of nitrogens with one attached hydrogen (secondary N) is 1. The van der Waals surface area contributed by atoms with Gasteiger partial charge in [0.15, 0.2) is 0 Å². The van der Waals surface area contributed by atoms with Crippen molar-refractivity contribution < 1.29 is 28.2 Å². The first-order valence-corrected chi connectivity index (χ1v) is 14.8. The number of amides is 3. The summed E-state index contributed by atoms with van der Waals surface area (Å²) >= 11 is 0. The average Bonchev–Trinajstić information content (AvgIpc) is 2.99. The Morgan fingerprint density at radius 1 is 1.14 bits per heavy atom. The van der Waals surface area contributed by atoms with E-state index in [-0.39, 0.29) is 30.8 Å². The van der Waals surface area contributed by atoms with Gasteiger partial charge in [0.2, 0.25) is 0 Å². The maximum absolute atomic E-state index is 15.2. The largest absolute Gasteiger partial charge is 0.497 e. The fourth-order valence-corrected chi connectivity index (χ4v) is 5.72. The number of carbonyl (C=O) groups is 2. The van der Waals surface area contributed by atoms with Crippen LogP contribution in [0.15, 0.2) is 48.7 Å². The Labute approximate surface area is 257 Å². The van der Waals surface area contributed by atoms with Crippen LogP contribution < -0.4 is 24.6 Å². The van der Waals surface area contributed by atoms with Gasteiger partial charge in [-0.2, -0.15) is 0 Å². The van der Waals surface area contributed by atoms with Crippen LogP contribution in [-0.2, 0) is 17.8 Å². The Kier molecular flexibility index (Phi) is 8.85. The molecule has 1 N–H and O–H groups in total. The summed E-state index contributed by atoms with van der Waals surface area (Å²) in [5, 5.41) is 3.35. The lowest BCUT2D eigenvalue weighted by Gasteiger charge is -2.44. The van der Waals surface area contributed by atoms with Gasteiger partial charge in [-0.05, 0) is 64.3 Å². The van der Waals surface area contributed by atoms with Crippen molar-refractivity contribution in [1.82, 2.24) is 9.88 Å². The predicted octanol–water partition coefficient (Wildman–Crippen LogP) is 6.50. The third-order valence-corrected chi connectivity index (χ3v) is 7.81. The van der Waals surface area contributed by atoms with Crippen molar-refractivity contribution in [3.63, 3.8) is 0 Å². The third kappa shape index (κ3) is 6.51. The van der Waals surface area contributed by atoms with Crippen LogP contribution in [0.4, 0.5) is 31.2 Å². The first-order chi connectivity index (χ1) is 21.0. The molecule has 0 radical (unpaired) electrons. The smallest absolute Gasteiger partial charge is 0.410 e. The van der Waals surface area contributed by atoms with Gasteiger partial charge in [-0.1, -0.05) is 12.1 Å². The van der Waals surface area contributed by atoms with Crippen molar-refractivity contribution in [3.8, 4) is 11.5 Å². The Bertz CT molecular complexity index is 1520. The predicted molar refractivity (Wildman–Crippen MR) is 167 cm³/mol. The van der Waals surface area contributed by atoms with Crippen molar-refractivity contribution in [1.29, 1.82) is 0 Å². The highest BCUT2D eigenvalue weighted by Crippen LogP contribution is 2.38. The molecule has 1 saturated heterocycles. The Hall–Kier alpha value is -4.54. The molecule has 5 rings (SSSR count). The number of benzene rings is 2. The minimum Gasteiger partial charge on any atom is -0.497 e. The van der Waals surface area contributed by atoms with Crippen LogP contribution in [-0.4, -0.2) is 61.0 Å². The van der Waals surface area contributed by atoms with Gasteiger partial charge in [0.25, 0.3) is 0 Å². The fourth-order valence-electron chi connectivity index (χ4n) is 5.72. The first kappa shape index (κ1) is 30.9. The molecule has 0 bridgehead atoms. The van der Waals surface area contributed by atoms with Gasteiger partial charge in [-0.3, -0.25) is 9.80 Å². The molecule has 11 heteroatoms. The number of hydrogen-bond acceptors (Lipinski definition) is 7. The standard InChI is InChI=1S/C33H40FN5O5/c1-21-9-7-11-26(34)30(21)38-19-23-18-36-29(35-17-22-12-13-25(42-5)15-28(22)43-6)16-27(23)39(31(38)40)24-10-8-14-37(20-24)32(41)44-33(2,3)4/h7,9,11-13,15-16,18,24H,8,10,14,17,19-20H2,1-6H3,(H,35,36)/t24-/m1/s1. The number of ether oxygens (including phenoxy) is 3. The number of piperidine rings is 1. The summed E-state index contributed by atoms with van der Waals surface area (Å²) in [4.78, 5) is 36.8. The van der Waals surface area contributed by atoms with E-state index in [0.717, 1.165) is 11.1 Å². The van der Waals surface area contributed by atoms with Crippen LogP contribution in [0.25, 0.3) is 0 Å². The van der Waals surface area contributed by atoms with Gasteiger partial charge < -0.3 is 24.4 Å². The molecule has 10 nitrogen and oxygen atoms in total. The lowest BCUT2D eigenvalue weighted by atomic mass is 10.0. The fraction of sp³-hybridized carbons (Fsp3) is 0.424. The molecule has 3 heterocycles. The number of nitrogens with zero attached hydrogens (tertiary/aromatic N) is 4.